The standard InChI is InChI=1S/C25H35Cl2N5O4/c1-6-32-18(15-30-11-13-31(14-12-30)24(35)29-25(3,4)5)19(22(33)36-7-2)21(28-23(32)34)16-9-8-10-17(26)20(16)27/h8-10,21H,6-7,11-15H2,1-5H3,(H,28,34)(H,29,35). The summed E-state index contributed by atoms with van der Waals surface area (Å²) in [4.78, 5) is 44.4. The number of benzene rings is 1. The van der Waals surface area contributed by atoms with Gasteiger partial charge in [-0.2, -0.15) is 0 Å². The van der Waals surface area contributed by atoms with E-state index in [4.69, 9.17) is 27.9 Å². The van der Waals surface area contributed by atoms with E-state index in [1.54, 1.807) is 34.9 Å². The third-order valence-electron chi connectivity index (χ3n) is 6.06. The van der Waals surface area contributed by atoms with Crippen LogP contribution in [0.1, 0.15) is 46.2 Å². The minimum atomic E-state index is -0.806. The van der Waals surface area contributed by atoms with Crippen LogP contribution in [0.5, 0.6) is 0 Å². The Balaban J connectivity index is 1.93. The molecule has 36 heavy (non-hydrogen) atoms. The number of hydrogen-bond donors (Lipinski definition) is 2. The van der Waals surface area contributed by atoms with E-state index in [1.807, 2.05) is 27.7 Å². The maximum Gasteiger partial charge on any atom is 0.338 e. The van der Waals surface area contributed by atoms with Gasteiger partial charge < -0.3 is 20.3 Å². The summed E-state index contributed by atoms with van der Waals surface area (Å²) in [5.74, 6) is -0.518. The van der Waals surface area contributed by atoms with E-state index in [0.717, 1.165) is 0 Å². The highest BCUT2D eigenvalue weighted by Crippen LogP contribution is 2.37. The van der Waals surface area contributed by atoms with Crippen molar-refractivity contribution in [2.45, 2.75) is 46.2 Å². The molecule has 1 saturated heterocycles. The fourth-order valence-electron chi connectivity index (χ4n) is 4.36. The number of piperazine rings is 1. The summed E-state index contributed by atoms with van der Waals surface area (Å²) in [6.45, 7) is 12.6. The zero-order valence-corrected chi connectivity index (χ0v) is 23.0. The molecule has 0 spiro atoms. The van der Waals surface area contributed by atoms with Gasteiger partial charge in [-0.1, -0.05) is 35.3 Å². The van der Waals surface area contributed by atoms with Crippen LogP contribution < -0.4 is 10.6 Å². The summed E-state index contributed by atoms with van der Waals surface area (Å²) in [5, 5.41) is 6.50. The smallest absolute Gasteiger partial charge is 0.338 e. The van der Waals surface area contributed by atoms with Crippen molar-refractivity contribution in [3.05, 3.63) is 45.1 Å². The molecule has 4 amide bonds. The number of carbonyl (C=O) groups is 3. The molecule has 0 aromatic heterocycles. The number of urea groups is 2. The molecule has 1 aromatic carbocycles. The summed E-state index contributed by atoms with van der Waals surface area (Å²) in [6, 6.07) is 3.89. The van der Waals surface area contributed by atoms with Gasteiger partial charge in [-0.05, 0) is 46.2 Å². The van der Waals surface area contributed by atoms with Crippen LogP contribution in [0, 0.1) is 0 Å². The number of likely N-dealkylation sites (N-methyl/N-ethyl adjacent to an activating group) is 1. The highest BCUT2D eigenvalue weighted by atomic mass is 35.5. The molecule has 11 heteroatoms. The molecule has 0 saturated carbocycles. The molecular formula is C25H35Cl2N5O4. The second kappa shape index (κ2) is 11.7. The van der Waals surface area contributed by atoms with Crippen molar-refractivity contribution in [1.82, 2.24) is 25.3 Å². The van der Waals surface area contributed by atoms with Gasteiger partial charge in [0.15, 0.2) is 0 Å². The molecule has 2 N–H and O–H groups in total. The van der Waals surface area contributed by atoms with Gasteiger partial charge in [-0.3, -0.25) is 9.80 Å². The zero-order valence-electron chi connectivity index (χ0n) is 21.5. The maximum absolute atomic E-state index is 13.3. The van der Waals surface area contributed by atoms with E-state index in [0.29, 0.717) is 61.1 Å². The number of nitrogens with zero attached hydrogens (tertiary/aromatic N) is 3. The lowest BCUT2D eigenvalue weighted by Crippen LogP contribution is -2.56. The molecule has 0 bridgehead atoms. The van der Waals surface area contributed by atoms with Crippen LogP contribution in [0.2, 0.25) is 10.0 Å². The normalized spacial score (nSPS) is 19.3. The van der Waals surface area contributed by atoms with Crippen LogP contribution in [-0.2, 0) is 9.53 Å². The van der Waals surface area contributed by atoms with Gasteiger partial charge in [-0.25, -0.2) is 14.4 Å². The molecule has 2 aliphatic rings. The summed E-state index contributed by atoms with van der Waals surface area (Å²) < 4.78 is 5.42. The average Bonchev–Trinajstić information content (AvgIpc) is 2.80. The lowest BCUT2D eigenvalue weighted by Gasteiger charge is -2.41. The zero-order chi connectivity index (χ0) is 26.6. The first-order valence-electron chi connectivity index (χ1n) is 12.2. The first kappa shape index (κ1) is 28.1. The third kappa shape index (κ3) is 6.44. The summed E-state index contributed by atoms with van der Waals surface area (Å²) >= 11 is 12.7. The van der Waals surface area contributed by atoms with Crippen molar-refractivity contribution in [2.75, 3.05) is 45.9 Å². The van der Waals surface area contributed by atoms with E-state index in [-0.39, 0.29) is 29.2 Å². The Hall–Kier alpha value is -2.49. The van der Waals surface area contributed by atoms with Crippen molar-refractivity contribution >= 4 is 41.2 Å². The number of esters is 1. The number of amides is 4. The number of hydrogen-bond acceptors (Lipinski definition) is 5. The van der Waals surface area contributed by atoms with Crippen molar-refractivity contribution in [3.8, 4) is 0 Å². The van der Waals surface area contributed by atoms with Gasteiger partial charge in [0, 0.05) is 50.5 Å². The number of rotatable bonds is 6. The SMILES string of the molecule is CCOC(=O)C1=C(CN2CCN(C(=O)NC(C)(C)C)CC2)N(CC)C(=O)NC1c1cccc(Cl)c1Cl. The van der Waals surface area contributed by atoms with Gasteiger partial charge in [-0.15, -0.1) is 0 Å². The molecule has 1 fully saturated rings. The van der Waals surface area contributed by atoms with Crippen LogP contribution in [-0.4, -0.2) is 84.1 Å². The lowest BCUT2D eigenvalue weighted by atomic mass is 9.94. The van der Waals surface area contributed by atoms with Crippen LogP contribution in [0.3, 0.4) is 0 Å². The molecule has 0 aliphatic carbocycles. The lowest BCUT2D eigenvalue weighted by molar-refractivity contribution is -0.139. The molecule has 0 radical (unpaired) electrons. The first-order valence-corrected chi connectivity index (χ1v) is 12.9. The Bertz CT molecular complexity index is 1030. The summed E-state index contributed by atoms with van der Waals surface area (Å²) in [5.41, 5.74) is 1.10. The number of nitrogens with one attached hydrogen (secondary N) is 2. The van der Waals surface area contributed by atoms with E-state index in [9.17, 15) is 14.4 Å². The topological polar surface area (TPSA) is 94.2 Å². The molecule has 1 atom stereocenters. The fourth-order valence-corrected chi connectivity index (χ4v) is 4.77. The quantitative estimate of drug-likeness (QED) is 0.532. The van der Waals surface area contributed by atoms with E-state index in [2.05, 4.69) is 15.5 Å². The number of halogens is 2. The number of ether oxygens (including phenoxy) is 1. The molecule has 1 unspecified atom stereocenters. The van der Waals surface area contributed by atoms with E-state index < -0.39 is 12.0 Å². The van der Waals surface area contributed by atoms with E-state index >= 15 is 0 Å². The summed E-state index contributed by atoms with van der Waals surface area (Å²) in [7, 11) is 0. The molecule has 9 nitrogen and oxygen atoms in total. The van der Waals surface area contributed by atoms with Crippen molar-refractivity contribution in [2.24, 2.45) is 0 Å². The predicted molar refractivity (Wildman–Crippen MR) is 140 cm³/mol. The minimum Gasteiger partial charge on any atom is -0.463 e. The summed E-state index contributed by atoms with van der Waals surface area (Å²) in [6.07, 6.45) is 0. The molecule has 3 rings (SSSR count). The Morgan fingerprint density at radius 1 is 1.14 bits per heavy atom. The highest BCUT2D eigenvalue weighted by molar-refractivity contribution is 6.42. The highest BCUT2D eigenvalue weighted by Gasteiger charge is 2.39. The Morgan fingerprint density at radius 2 is 1.81 bits per heavy atom. The van der Waals surface area contributed by atoms with Crippen molar-refractivity contribution in [3.63, 3.8) is 0 Å². The maximum atomic E-state index is 13.3. The van der Waals surface area contributed by atoms with Gasteiger partial charge in [0.2, 0.25) is 0 Å². The van der Waals surface area contributed by atoms with E-state index in [1.165, 1.54) is 0 Å². The fraction of sp³-hybridized carbons (Fsp3) is 0.560. The van der Waals surface area contributed by atoms with Crippen LogP contribution >= 0.6 is 23.2 Å². The van der Waals surface area contributed by atoms with Crippen molar-refractivity contribution in [1.29, 1.82) is 0 Å². The molecule has 1 aromatic rings. The first-order chi connectivity index (χ1) is 17.0. The van der Waals surface area contributed by atoms with Gasteiger partial charge in [0.1, 0.15) is 0 Å². The Kier molecular flexibility index (Phi) is 9.13. The van der Waals surface area contributed by atoms with Crippen molar-refractivity contribution < 1.29 is 19.1 Å². The molecule has 198 valence electrons. The van der Waals surface area contributed by atoms with Crippen LogP contribution in [0.25, 0.3) is 0 Å². The predicted octanol–water partition coefficient (Wildman–Crippen LogP) is 4.02. The van der Waals surface area contributed by atoms with Gasteiger partial charge in [0.05, 0.1) is 28.3 Å². The molecular weight excluding hydrogens is 505 g/mol. The Labute approximate surface area is 222 Å². The second-order valence-corrected chi connectivity index (χ2v) is 10.6. The number of carbonyl (C=O) groups excluding carboxylic acids is 3. The second-order valence-electron chi connectivity index (χ2n) is 9.79. The average molecular weight is 540 g/mol. The third-order valence-corrected chi connectivity index (χ3v) is 6.89. The monoisotopic (exact) mass is 539 g/mol. The van der Waals surface area contributed by atoms with Crippen LogP contribution in [0.4, 0.5) is 9.59 Å². The van der Waals surface area contributed by atoms with Gasteiger partial charge in [0.25, 0.3) is 0 Å². The van der Waals surface area contributed by atoms with Crippen LogP contribution in [0.15, 0.2) is 29.5 Å². The van der Waals surface area contributed by atoms with Gasteiger partial charge >= 0.3 is 18.0 Å². The largest absolute Gasteiger partial charge is 0.463 e. The minimum absolute atomic E-state index is 0.100. The Morgan fingerprint density at radius 3 is 2.39 bits per heavy atom. The molecule has 2 heterocycles. The molecule has 2 aliphatic heterocycles.